The minimum atomic E-state index is -3.10. The first kappa shape index (κ1) is 17.4. The standard InChI is InChI=1S/C19H19N3O5S/c1-26-19(23)15-12-4-2-5-13(12)20-18-16(15)17(14-6-3-8-27-14)21-22(18)11-7-9-28(24,25)10-11/h3,6,8,11H,2,4-5,7,9-10H2,1H3/t11-/m1/s1. The van der Waals surface area contributed by atoms with Crippen molar-refractivity contribution in [2.24, 2.45) is 0 Å². The number of carbonyl (C=O) groups is 1. The molecule has 0 aromatic carbocycles. The molecule has 0 amide bonds. The molecule has 0 saturated carbocycles. The molecule has 0 spiro atoms. The van der Waals surface area contributed by atoms with Crippen LogP contribution in [-0.4, -0.2) is 47.8 Å². The van der Waals surface area contributed by atoms with Crippen molar-refractivity contribution in [3.63, 3.8) is 0 Å². The molecule has 8 nitrogen and oxygen atoms in total. The van der Waals surface area contributed by atoms with Gasteiger partial charge in [-0.2, -0.15) is 5.10 Å². The number of esters is 1. The van der Waals surface area contributed by atoms with E-state index >= 15 is 0 Å². The van der Waals surface area contributed by atoms with Gasteiger partial charge in [-0.3, -0.25) is 0 Å². The van der Waals surface area contributed by atoms with E-state index in [0.717, 1.165) is 30.5 Å². The number of aryl methyl sites for hydroxylation is 1. The summed E-state index contributed by atoms with van der Waals surface area (Å²) in [5, 5.41) is 5.26. The van der Waals surface area contributed by atoms with E-state index in [4.69, 9.17) is 14.1 Å². The number of pyridine rings is 1. The molecule has 146 valence electrons. The third-order valence-corrected chi connectivity index (χ3v) is 7.32. The summed E-state index contributed by atoms with van der Waals surface area (Å²) in [5.41, 5.74) is 3.24. The summed E-state index contributed by atoms with van der Waals surface area (Å²) < 4.78 is 36.4. The Hall–Kier alpha value is -2.68. The zero-order valence-corrected chi connectivity index (χ0v) is 16.2. The Morgan fingerprint density at radius 1 is 1.36 bits per heavy atom. The van der Waals surface area contributed by atoms with Crippen LogP contribution in [0.2, 0.25) is 0 Å². The van der Waals surface area contributed by atoms with Gasteiger partial charge in [0.25, 0.3) is 0 Å². The van der Waals surface area contributed by atoms with Gasteiger partial charge in [-0.05, 0) is 43.4 Å². The summed E-state index contributed by atoms with van der Waals surface area (Å²) in [6.07, 6.45) is 4.46. The lowest BCUT2D eigenvalue weighted by Crippen LogP contribution is -2.14. The topological polar surface area (TPSA) is 104 Å². The number of furan rings is 1. The van der Waals surface area contributed by atoms with Crippen LogP contribution in [0.25, 0.3) is 22.5 Å². The molecule has 1 aliphatic carbocycles. The van der Waals surface area contributed by atoms with Gasteiger partial charge in [-0.25, -0.2) is 22.9 Å². The molecule has 2 aliphatic rings. The molecule has 1 saturated heterocycles. The third-order valence-electron chi connectivity index (χ3n) is 5.56. The van der Waals surface area contributed by atoms with E-state index in [1.165, 1.54) is 7.11 Å². The molecular formula is C19H19N3O5S. The van der Waals surface area contributed by atoms with Crippen LogP contribution in [0.1, 0.15) is 40.5 Å². The lowest BCUT2D eigenvalue weighted by molar-refractivity contribution is 0.0601. The maximum absolute atomic E-state index is 12.7. The number of ether oxygens (including phenoxy) is 1. The Morgan fingerprint density at radius 3 is 2.89 bits per heavy atom. The number of carbonyl (C=O) groups excluding carboxylic acids is 1. The van der Waals surface area contributed by atoms with Crippen LogP contribution in [-0.2, 0) is 27.4 Å². The van der Waals surface area contributed by atoms with Crippen LogP contribution in [0.4, 0.5) is 0 Å². The lowest BCUT2D eigenvalue weighted by Gasteiger charge is -2.12. The van der Waals surface area contributed by atoms with E-state index in [0.29, 0.717) is 34.5 Å². The SMILES string of the molecule is COC(=O)c1c2c(nc3c1c(-c1ccco1)nn3[C@@H]1CCS(=O)(=O)C1)CCC2. The molecule has 0 radical (unpaired) electrons. The number of aromatic nitrogens is 3. The number of sulfone groups is 1. The lowest BCUT2D eigenvalue weighted by atomic mass is 10.0. The van der Waals surface area contributed by atoms with E-state index in [1.54, 1.807) is 23.1 Å². The first-order valence-corrected chi connectivity index (χ1v) is 11.1. The summed E-state index contributed by atoms with van der Waals surface area (Å²) in [5.74, 6) is 0.226. The number of fused-ring (bicyclic) bond motifs is 2. The Labute approximate surface area is 161 Å². The smallest absolute Gasteiger partial charge is 0.339 e. The van der Waals surface area contributed by atoms with Gasteiger partial charge in [-0.15, -0.1) is 0 Å². The zero-order chi connectivity index (χ0) is 19.5. The van der Waals surface area contributed by atoms with Crippen molar-refractivity contribution in [1.82, 2.24) is 14.8 Å². The van der Waals surface area contributed by atoms with Crippen LogP contribution >= 0.6 is 0 Å². The van der Waals surface area contributed by atoms with Crippen molar-refractivity contribution in [3.8, 4) is 11.5 Å². The molecular weight excluding hydrogens is 382 g/mol. The third kappa shape index (κ3) is 2.56. The molecule has 28 heavy (non-hydrogen) atoms. The first-order valence-electron chi connectivity index (χ1n) is 9.25. The first-order chi connectivity index (χ1) is 13.5. The van der Waals surface area contributed by atoms with Crippen molar-refractivity contribution in [2.45, 2.75) is 31.7 Å². The van der Waals surface area contributed by atoms with Gasteiger partial charge in [0.2, 0.25) is 0 Å². The summed E-state index contributed by atoms with van der Waals surface area (Å²) in [7, 11) is -1.75. The van der Waals surface area contributed by atoms with Gasteiger partial charge in [0.1, 0.15) is 5.69 Å². The van der Waals surface area contributed by atoms with Gasteiger partial charge >= 0.3 is 5.97 Å². The van der Waals surface area contributed by atoms with Crippen molar-refractivity contribution >= 4 is 26.8 Å². The fourth-order valence-corrected chi connectivity index (χ4v) is 5.99. The Bertz CT molecular complexity index is 1190. The highest BCUT2D eigenvalue weighted by atomic mass is 32.2. The zero-order valence-electron chi connectivity index (χ0n) is 15.3. The Kier molecular flexibility index (Phi) is 3.84. The number of methoxy groups -OCH3 is 1. The quantitative estimate of drug-likeness (QED) is 0.620. The highest BCUT2D eigenvalue weighted by molar-refractivity contribution is 7.91. The van der Waals surface area contributed by atoms with E-state index in [-0.39, 0.29) is 17.5 Å². The molecule has 9 heteroatoms. The minimum absolute atomic E-state index is 0.0215. The predicted octanol–water partition coefficient (Wildman–Crippen LogP) is 2.33. The van der Waals surface area contributed by atoms with Gasteiger partial charge in [-0.1, -0.05) is 0 Å². The van der Waals surface area contributed by atoms with Crippen LogP contribution in [0, 0.1) is 0 Å². The maximum atomic E-state index is 12.7. The molecule has 3 aromatic heterocycles. The second-order valence-corrected chi connectivity index (χ2v) is 9.51. The molecule has 0 bridgehead atoms. The monoisotopic (exact) mass is 401 g/mol. The molecule has 1 atom stereocenters. The van der Waals surface area contributed by atoms with E-state index in [1.807, 2.05) is 0 Å². The molecule has 0 unspecified atom stereocenters. The highest BCUT2D eigenvalue weighted by Gasteiger charge is 2.35. The second kappa shape index (κ2) is 6.16. The molecule has 0 N–H and O–H groups in total. The van der Waals surface area contributed by atoms with Gasteiger partial charge in [0.05, 0.1) is 41.9 Å². The van der Waals surface area contributed by atoms with Gasteiger partial charge in [0, 0.05) is 5.69 Å². The average Bonchev–Trinajstić information content (AvgIpc) is 3.44. The molecule has 3 aromatic rings. The number of hydrogen-bond acceptors (Lipinski definition) is 7. The van der Waals surface area contributed by atoms with Crippen LogP contribution in [0.3, 0.4) is 0 Å². The van der Waals surface area contributed by atoms with Gasteiger partial charge < -0.3 is 9.15 Å². The molecule has 5 rings (SSSR count). The molecule has 1 aliphatic heterocycles. The summed E-state index contributed by atoms with van der Waals surface area (Å²) in [6, 6.07) is 3.21. The fraction of sp³-hybridized carbons (Fsp3) is 0.421. The van der Waals surface area contributed by atoms with Crippen LogP contribution in [0.15, 0.2) is 22.8 Å². The van der Waals surface area contributed by atoms with E-state index < -0.39 is 15.8 Å². The van der Waals surface area contributed by atoms with Crippen molar-refractivity contribution in [2.75, 3.05) is 18.6 Å². The second-order valence-electron chi connectivity index (χ2n) is 7.28. The van der Waals surface area contributed by atoms with E-state index in [2.05, 4.69) is 5.10 Å². The molecule has 4 heterocycles. The minimum Gasteiger partial charge on any atom is -0.465 e. The van der Waals surface area contributed by atoms with Gasteiger partial charge in [0.15, 0.2) is 21.2 Å². The normalized spacial score (nSPS) is 20.5. The predicted molar refractivity (Wildman–Crippen MR) is 101 cm³/mol. The van der Waals surface area contributed by atoms with Crippen molar-refractivity contribution in [1.29, 1.82) is 0 Å². The Balaban J connectivity index is 1.84. The number of rotatable bonds is 3. The average molecular weight is 401 g/mol. The number of nitrogens with zero attached hydrogens (tertiary/aromatic N) is 3. The largest absolute Gasteiger partial charge is 0.465 e. The molecule has 1 fully saturated rings. The summed E-state index contributed by atoms with van der Waals surface area (Å²) in [6.45, 7) is 0. The van der Waals surface area contributed by atoms with Crippen molar-refractivity contribution in [3.05, 3.63) is 35.2 Å². The highest BCUT2D eigenvalue weighted by Crippen LogP contribution is 2.38. The van der Waals surface area contributed by atoms with Crippen LogP contribution < -0.4 is 0 Å². The Morgan fingerprint density at radius 2 is 2.21 bits per heavy atom. The fourth-order valence-electron chi connectivity index (χ4n) is 4.30. The maximum Gasteiger partial charge on any atom is 0.339 e. The summed E-state index contributed by atoms with van der Waals surface area (Å²) >= 11 is 0. The summed E-state index contributed by atoms with van der Waals surface area (Å²) in [4.78, 5) is 17.5. The van der Waals surface area contributed by atoms with Crippen molar-refractivity contribution < 1.29 is 22.4 Å². The number of hydrogen-bond donors (Lipinski definition) is 0. The van der Waals surface area contributed by atoms with Crippen LogP contribution in [0.5, 0.6) is 0 Å². The van der Waals surface area contributed by atoms with E-state index in [9.17, 15) is 13.2 Å².